The van der Waals surface area contributed by atoms with Crippen LogP contribution in [0.15, 0.2) is 42.5 Å². The SMILES string of the molecule is CCc1ccc(N2C[C@H](C(=O)Oc3ccc(N4C(=O)[C@@H]5[C@H]6C[C@@H]([C@H](Br)[C@H]6Br)[C@@H]5C4=O)c(C)c3)CC2=O)cc1. The Balaban J connectivity index is 1.15. The maximum atomic E-state index is 13.4. The first kappa shape index (κ1) is 25.7. The lowest BCUT2D eigenvalue weighted by atomic mass is 9.81. The molecule has 9 heteroatoms. The van der Waals surface area contributed by atoms with Crippen LogP contribution in [-0.2, 0) is 25.6 Å². The van der Waals surface area contributed by atoms with Crippen molar-refractivity contribution in [3.05, 3.63) is 53.6 Å². The highest BCUT2D eigenvalue weighted by molar-refractivity contribution is 9.12. The molecule has 2 bridgehead atoms. The average molecular weight is 644 g/mol. The van der Waals surface area contributed by atoms with Gasteiger partial charge in [0.05, 0.1) is 23.4 Å². The first-order valence-corrected chi connectivity index (χ1v) is 14.9. The molecular formula is C29H28Br2N2O5. The Hall–Kier alpha value is -2.52. The lowest BCUT2D eigenvalue weighted by Gasteiger charge is -2.28. The van der Waals surface area contributed by atoms with E-state index in [-0.39, 0.29) is 64.0 Å². The topological polar surface area (TPSA) is 84.0 Å². The average Bonchev–Trinajstić information content (AvgIpc) is 3.62. The number of ether oxygens (including phenoxy) is 1. The summed E-state index contributed by atoms with van der Waals surface area (Å²) in [6.45, 7) is 4.14. The molecule has 198 valence electrons. The number of fused-ring (bicyclic) bond motifs is 5. The zero-order valence-corrected chi connectivity index (χ0v) is 24.3. The van der Waals surface area contributed by atoms with Gasteiger partial charge in [-0.05, 0) is 73.1 Å². The Labute approximate surface area is 238 Å². The monoisotopic (exact) mass is 642 g/mol. The minimum absolute atomic E-state index is 0.0937. The third-order valence-corrected chi connectivity index (χ3v) is 11.9. The van der Waals surface area contributed by atoms with Crippen LogP contribution in [0.3, 0.4) is 0 Å². The Morgan fingerprint density at radius 3 is 2.18 bits per heavy atom. The van der Waals surface area contributed by atoms with Crippen LogP contribution in [0, 0.1) is 36.5 Å². The predicted molar refractivity (Wildman–Crippen MR) is 150 cm³/mol. The van der Waals surface area contributed by atoms with Crippen molar-refractivity contribution < 1.29 is 23.9 Å². The van der Waals surface area contributed by atoms with Gasteiger partial charge in [0.15, 0.2) is 0 Å². The van der Waals surface area contributed by atoms with Crippen LogP contribution in [0.5, 0.6) is 5.75 Å². The van der Waals surface area contributed by atoms with Crippen LogP contribution in [0.4, 0.5) is 11.4 Å². The van der Waals surface area contributed by atoms with Gasteiger partial charge in [0.1, 0.15) is 5.75 Å². The molecule has 0 aromatic heterocycles. The molecule has 2 aliphatic heterocycles. The number of amides is 3. The maximum absolute atomic E-state index is 13.4. The molecule has 7 atom stereocenters. The highest BCUT2D eigenvalue weighted by Crippen LogP contribution is 2.60. The molecule has 2 aromatic carbocycles. The molecule has 2 saturated heterocycles. The molecule has 3 amide bonds. The van der Waals surface area contributed by atoms with E-state index in [4.69, 9.17) is 4.74 Å². The van der Waals surface area contributed by atoms with Crippen molar-refractivity contribution in [2.24, 2.45) is 29.6 Å². The van der Waals surface area contributed by atoms with Gasteiger partial charge >= 0.3 is 5.97 Å². The Morgan fingerprint density at radius 2 is 1.61 bits per heavy atom. The number of anilines is 2. The number of hydrogen-bond donors (Lipinski definition) is 0. The van der Waals surface area contributed by atoms with E-state index in [0.717, 1.165) is 18.5 Å². The minimum atomic E-state index is -0.570. The van der Waals surface area contributed by atoms with Crippen LogP contribution in [0.1, 0.15) is 30.9 Å². The Morgan fingerprint density at radius 1 is 0.974 bits per heavy atom. The number of halogens is 2. The van der Waals surface area contributed by atoms with Crippen molar-refractivity contribution in [1.82, 2.24) is 0 Å². The van der Waals surface area contributed by atoms with Crippen molar-refractivity contribution >= 4 is 66.9 Å². The largest absolute Gasteiger partial charge is 0.426 e. The lowest BCUT2D eigenvalue weighted by molar-refractivity contribution is -0.139. The molecule has 4 fully saturated rings. The Kier molecular flexibility index (Phi) is 6.50. The number of carbonyl (C=O) groups excluding carboxylic acids is 4. The third kappa shape index (κ3) is 3.96. The van der Waals surface area contributed by atoms with Crippen molar-refractivity contribution in [2.75, 3.05) is 16.3 Å². The molecule has 2 aliphatic carbocycles. The van der Waals surface area contributed by atoms with E-state index in [0.29, 0.717) is 17.0 Å². The van der Waals surface area contributed by atoms with Crippen LogP contribution in [0.25, 0.3) is 0 Å². The quantitative estimate of drug-likeness (QED) is 0.202. The number of nitrogens with zero attached hydrogens (tertiary/aromatic N) is 2. The van der Waals surface area contributed by atoms with E-state index in [1.807, 2.05) is 24.3 Å². The van der Waals surface area contributed by atoms with E-state index < -0.39 is 11.9 Å². The zero-order chi connectivity index (χ0) is 26.9. The van der Waals surface area contributed by atoms with Crippen molar-refractivity contribution in [1.29, 1.82) is 0 Å². The minimum Gasteiger partial charge on any atom is -0.426 e. The fourth-order valence-corrected chi connectivity index (χ4v) is 8.63. The summed E-state index contributed by atoms with van der Waals surface area (Å²) in [5.74, 6) is -1.37. The highest BCUT2D eigenvalue weighted by Gasteiger charge is 2.66. The van der Waals surface area contributed by atoms with Crippen molar-refractivity contribution in [3.63, 3.8) is 0 Å². The van der Waals surface area contributed by atoms with Gasteiger partial charge in [-0.3, -0.25) is 19.2 Å². The molecule has 0 spiro atoms. The molecule has 0 radical (unpaired) electrons. The van der Waals surface area contributed by atoms with Gasteiger partial charge in [-0.1, -0.05) is 50.9 Å². The van der Waals surface area contributed by atoms with E-state index >= 15 is 0 Å². The van der Waals surface area contributed by atoms with Gasteiger partial charge in [0.25, 0.3) is 0 Å². The molecule has 0 N–H and O–H groups in total. The summed E-state index contributed by atoms with van der Waals surface area (Å²) in [7, 11) is 0. The maximum Gasteiger partial charge on any atom is 0.316 e. The second-order valence-corrected chi connectivity index (χ2v) is 12.9. The molecule has 38 heavy (non-hydrogen) atoms. The number of carbonyl (C=O) groups is 4. The molecular weight excluding hydrogens is 616 g/mol. The second-order valence-electron chi connectivity index (χ2n) is 10.8. The van der Waals surface area contributed by atoms with Gasteiger partial charge in [-0.15, -0.1) is 0 Å². The van der Waals surface area contributed by atoms with Crippen LogP contribution < -0.4 is 14.5 Å². The molecule has 2 heterocycles. The summed E-state index contributed by atoms with van der Waals surface area (Å²) >= 11 is 7.44. The van der Waals surface area contributed by atoms with Crippen LogP contribution in [-0.4, -0.2) is 39.9 Å². The third-order valence-electron chi connectivity index (χ3n) is 8.73. The molecule has 2 aromatic rings. The lowest BCUT2D eigenvalue weighted by Crippen LogP contribution is -2.37. The van der Waals surface area contributed by atoms with E-state index in [1.165, 1.54) is 10.5 Å². The summed E-state index contributed by atoms with van der Waals surface area (Å²) < 4.78 is 5.65. The summed E-state index contributed by atoms with van der Waals surface area (Å²) in [5.41, 5.74) is 3.17. The fourth-order valence-electron chi connectivity index (χ4n) is 6.75. The van der Waals surface area contributed by atoms with Crippen molar-refractivity contribution in [2.45, 2.75) is 42.8 Å². The molecule has 7 nitrogen and oxygen atoms in total. The van der Waals surface area contributed by atoms with Gasteiger partial charge < -0.3 is 9.64 Å². The number of rotatable bonds is 5. The summed E-state index contributed by atoms with van der Waals surface area (Å²) in [4.78, 5) is 55.7. The number of aryl methyl sites for hydroxylation is 2. The smallest absolute Gasteiger partial charge is 0.316 e. The number of hydrogen-bond acceptors (Lipinski definition) is 5. The zero-order valence-electron chi connectivity index (χ0n) is 21.1. The standard InChI is InChI=1S/C29H28Br2N2O5/c1-3-15-4-6-17(7-5-15)32-13-16(11-22(32)34)29(37)38-18-8-9-21(14(2)10-18)33-27(35)23-19-12-20(24(23)28(33)36)26(31)25(19)30/h4-10,16,19-20,23-26H,3,11-13H2,1-2H3/t16-,19-,20-,23-,24+,25+,26+/m1/s1. The first-order chi connectivity index (χ1) is 18.2. The van der Waals surface area contributed by atoms with E-state index in [9.17, 15) is 19.2 Å². The van der Waals surface area contributed by atoms with Gasteiger partial charge in [-0.2, -0.15) is 0 Å². The van der Waals surface area contributed by atoms with E-state index in [2.05, 4.69) is 38.8 Å². The summed E-state index contributed by atoms with van der Waals surface area (Å²) in [6, 6.07) is 12.8. The molecule has 2 saturated carbocycles. The van der Waals surface area contributed by atoms with Gasteiger partial charge in [0, 0.05) is 28.3 Å². The fraction of sp³-hybridized carbons (Fsp3) is 0.448. The first-order valence-electron chi connectivity index (χ1n) is 13.1. The number of alkyl halides is 2. The summed E-state index contributed by atoms with van der Waals surface area (Å²) in [5, 5.41) is 0. The number of imide groups is 1. The number of benzene rings is 2. The van der Waals surface area contributed by atoms with Crippen molar-refractivity contribution in [3.8, 4) is 5.75 Å². The highest BCUT2D eigenvalue weighted by atomic mass is 79.9. The Bertz CT molecular complexity index is 1310. The second kappa shape index (κ2) is 9.59. The molecule has 4 aliphatic rings. The normalized spacial score (nSPS) is 31.9. The van der Waals surface area contributed by atoms with Gasteiger partial charge in [0.2, 0.25) is 17.7 Å². The van der Waals surface area contributed by atoms with Gasteiger partial charge in [-0.25, -0.2) is 4.90 Å². The predicted octanol–water partition coefficient (Wildman–Crippen LogP) is 4.80. The molecule has 6 rings (SSSR count). The number of esters is 1. The van der Waals surface area contributed by atoms with Crippen LogP contribution in [0.2, 0.25) is 0 Å². The molecule has 0 unspecified atom stereocenters. The summed E-state index contributed by atoms with van der Waals surface area (Å²) in [6.07, 6.45) is 1.89. The van der Waals surface area contributed by atoms with E-state index in [1.54, 1.807) is 30.0 Å². The van der Waals surface area contributed by atoms with Crippen LogP contribution >= 0.6 is 31.9 Å².